The average Bonchev–Trinajstić information content (AvgIpc) is 2.26. The van der Waals surface area contributed by atoms with Gasteiger partial charge in [-0.05, 0) is 35.8 Å². The van der Waals surface area contributed by atoms with E-state index in [9.17, 15) is 9.90 Å². The summed E-state index contributed by atoms with van der Waals surface area (Å²) in [6, 6.07) is 5.02. The van der Waals surface area contributed by atoms with Gasteiger partial charge in [0.15, 0.2) is 11.5 Å². The second kappa shape index (κ2) is 5.20. The zero-order chi connectivity index (χ0) is 11.3. The number of aldehydes is 1. The molecule has 1 rings (SSSR count). The lowest BCUT2D eigenvalue weighted by Crippen LogP contribution is -1.85. The maximum absolute atomic E-state index is 10.6. The van der Waals surface area contributed by atoms with Gasteiger partial charge in [-0.2, -0.15) is 0 Å². The zero-order valence-electron chi connectivity index (χ0n) is 8.86. The molecule has 0 heterocycles. The van der Waals surface area contributed by atoms with Crippen molar-refractivity contribution in [3.8, 4) is 11.5 Å². The summed E-state index contributed by atoms with van der Waals surface area (Å²) in [5.74, 6) is 0.504. The van der Waals surface area contributed by atoms with Crippen LogP contribution in [-0.4, -0.2) is 18.5 Å². The van der Waals surface area contributed by atoms with Gasteiger partial charge in [0, 0.05) is 0 Å². The van der Waals surface area contributed by atoms with Crippen molar-refractivity contribution in [2.24, 2.45) is 0 Å². The standard InChI is InChI=1S/C12H14O3/c1-3-9(8-13)6-10-4-5-12(15-2)11(14)7-10/h4-8,14H,3H2,1-2H3/b9-6+. The monoisotopic (exact) mass is 206 g/mol. The summed E-state index contributed by atoms with van der Waals surface area (Å²) in [5.41, 5.74) is 1.48. The molecule has 0 amide bonds. The molecule has 0 atom stereocenters. The third-order valence-electron chi connectivity index (χ3n) is 2.11. The van der Waals surface area contributed by atoms with Crippen molar-refractivity contribution < 1.29 is 14.6 Å². The summed E-state index contributed by atoms with van der Waals surface area (Å²) in [7, 11) is 1.49. The molecule has 1 aromatic carbocycles. The molecule has 1 N–H and O–H groups in total. The number of allylic oxidation sites excluding steroid dienone is 1. The molecule has 0 aliphatic carbocycles. The van der Waals surface area contributed by atoms with Crippen LogP contribution in [0.3, 0.4) is 0 Å². The molecule has 0 unspecified atom stereocenters. The van der Waals surface area contributed by atoms with Crippen LogP contribution in [0.25, 0.3) is 6.08 Å². The van der Waals surface area contributed by atoms with Gasteiger partial charge in [0.25, 0.3) is 0 Å². The molecular formula is C12H14O3. The number of methoxy groups -OCH3 is 1. The number of phenols is 1. The van der Waals surface area contributed by atoms with E-state index in [1.54, 1.807) is 24.3 Å². The Morgan fingerprint density at radius 2 is 2.27 bits per heavy atom. The minimum Gasteiger partial charge on any atom is -0.504 e. The van der Waals surface area contributed by atoms with Crippen LogP contribution < -0.4 is 4.74 Å². The molecule has 1 aromatic rings. The van der Waals surface area contributed by atoms with Gasteiger partial charge in [-0.25, -0.2) is 0 Å². The fourth-order valence-electron chi connectivity index (χ4n) is 1.23. The number of aromatic hydroxyl groups is 1. The molecule has 3 nitrogen and oxygen atoms in total. The lowest BCUT2D eigenvalue weighted by Gasteiger charge is -2.03. The molecule has 0 bridgehead atoms. The predicted octanol–water partition coefficient (Wildman–Crippen LogP) is 2.39. The second-order valence-electron chi connectivity index (χ2n) is 3.12. The van der Waals surface area contributed by atoms with Crippen LogP contribution in [-0.2, 0) is 4.79 Å². The highest BCUT2D eigenvalue weighted by Crippen LogP contribution is 2.27. The number of hydrogen-bond donors (Lipinski definition) is 1. The third-order valence-corrected chi connectivity index (χ3v) is 2.11. The molecule has 0 aliphatic heterocycles. The summed E-state index contributed by atoms with van der Waals surface area (Å²) in [4.78, 5) is 10.6. The summed E-state index contributed by atoms with van der Waals surface area (Å²) >= 11 is 0. The first kappa shape index (κ1) is 11.3. The molecular weight excluding hydrogens is 192 g/mol. The largest absolute Gasteiger partial charge is 0.504 e. The van der Waals surface area contributed by atoms with Crippen LogP contribution in [0.1, 0.15) is 18.9 Å². The van der Waals surface area contributed by atoms with Crippen molar-refractivity contribution >= 4 is 12.4 Å². The van der Waals surface area contributed by atoms with Crippen LogP contribution in [0.5, 0.6) is 11.5 Å². The second-order valence-corrected chi connectivity index (χ2v) is 3.12. The average molecular weight is 206 g/mol. The third kappa shape index (κ3) is 2.84. The van der Waals surface area contributed by atoms with E-state index >= 15 is 0 Å². The number of carbonyl (C=O) groups is 1. The molecule has 15 heavy (non-hydrogen) atoms. The van der Waals surface area contributed by atoms with Gasteiger partial charge in [0.05, 0.1) is 7.11 Å². The first-order valence-corrected chi connectivity index (χ1v) is 4.74. The molecule has 0 radical (unpaired) electrons. The Morgan fingerprint density at radius 3 is 2.73 bits per heavy atom. The Morgan fingerprint density at radius 1 is 1.53 bits per heavy atom. The number of rotatable bonds is 4. The van der Waals surface area contributed by atoms with Crippen molar-refractivity contribution in [3.05, 3.63) is 29.3 Å². The first-order chi connectivity index (χ1) is 7.21. The van der Waals surface area contributed by atoms with Gasteiger partial charge in [0.1, 0.15) is 6.29 Å². The normalized spacial score (nSPS) is 11.2. The summed E-state index contributed by atoms with van der Waals surface area (Å²) in [5, 5.41) is 9.51. The lowest BCUT2D eigenvalue weighted by molar-refractivity contribution is -0.104. The first-order valence-electron chi connectivity index (χ1n) is 4.74. The van der Waals surface area contributed by atoms with E-state index in [4.69, 9.17) is 4.74 Å². The van der Waals surface area contributed by atoms with E-state index in [1.165, 1.54) is 7.11 Å². The number of benzene rings is 1. The van der Waals surface area contributed by atoms with Crippen LogP contribution >= 0.6 is 0 Å². The number of hydrogen-bond acceptors (Lipinski definition) is 3. The number of ether oxygens (including phenoxy) is 1. The molecule has 0 fully saturated rings. The Hall–Kier alpha value is -1.77. The fourth-order valence-corrected chi connectivity index (χ4v) is 1.23. The van der Waals surface area contributed by atoms with E-state index in [-0.39, 0.29) is 5.75 Å². The van der Waals surface area contributed by atoms with E-state index < -0.39 is 0 Å². The van der Waals surface area contributed by atoms with Gasteiger partial charge in [0.2, 0.25) is 0 Å². The maximum Gasteiger partial charge on any atom is 0.160 e. The molecule has 0 saturated carbocycles. The molecule has 0 aliphatic rings. The highest BCUT2D eigenvalue weighted by atomic mass is 16.5. The van der Waals surface area contributed by atoms with Gasteiger partial charge < -0.3 is 9.84 Å². The van der Waals surface area contributed by atoms with Crippen molar-refractivity contribution in [1.82, 2.24) is 0 Å². The summed E-state index contributed by atoms with van der Waals surface area (Å²) in [6.45, 7) is 1.91. The van der Waals surface area contributed by atoms with E-state index in [0.29, 0.717) is 17.7 Å². The smallest absolute Gasteiger partial charge is 0.160 e. The van der Waals surface area contributed by atoms with Crippen LogP contribution in [0.2, 0.25) is 0 Å². The van der Waals surface area contributed by atoms with E-state index in [1.807, 2.05) is 6.92 Å². The Balaban J connectivity index is 3.02. The molecule has 80 valence electrons. The topological polar surface area (TPSA) is 46.5 Å². The number of carbonyl (C=O) groups excluding carboxylic acids is 1. The van der Waals surface area contributed by atoms with Crippen molar-refractivity contribution in [1.29, 1.82) is 0 Å². The van der Waals surface area contributed by atoms with E-state index in [0.717, 1.165) is 11.8 Å². The maximum atomic E-state index is 10.6. The molecule has 0 spiro atoms. The summed E-state index contributed by atoms with van der Waals surface area (Å²) in [6.07, 6.45) is 3.24. The van der Waals surface area contributed by atoms with Gasteiger partial charge in [-0.1, -0.05) is 13.0 Å². The van der Waals surface area contributed by atoms with Crippen molar-refractivity contribution in [2.75, 3.05) is 7.11 Å². The number of phenolic OH excluding ortho intramolecular Hbond substituents is 1. The van der Waals surface area contributed by atoms with Gasteiger partial charge in [-0.3, -0.25) is 4.79 Å². The van der Waals surface area contributed by atoms with Crippen LogP contribution in [0, 0.1) is 0 Å². The Kier molecular flexibility index (Phi) is 3.92. The lowest BCUT2D eigenvalue weighted by atomic mass is 10.1. The Bertz CT molecular complexity index is 380. The van der Waals surface area contributed by atoms with Crippen LogP contribution in [0.15, 0.2) is 23.8 Å². The minimum atomic E-state index is 0.0765. The highest BCUT2D eigenvalue weighted by Gasteiger charge is 2.01. The zero-order valence-corrected chi connectivity index (χ0v) is 8.86. The van der Waals surface area contributed by atoms with Crippen LogP contribution in [0.4, 0.5) is 0 Å². The summed E-state index contributed by atoms with van der Waals surface area (Å²) < 4.78 is 4.92. The quantitative estimate of drug-likeness (QED) is 0.607. The fraction of sp³-hybridized carbons (Fsp3) is 0.250. The van der Waals surface area contributed by atoms with Gasteiger partial charge in [-0.15, -0.1) is 0 Å². The van der Waals surface area contributed by atoms with Gasteiger partial charge >= 0.3 is 0 Å². The van der Waals surface area contributed by atoms with Crippen molar-refractivity contribution in [2.45, 2.75) is 13.3 Å². The highest BCUT2D eigenvalue weighted by molar-refractivity contribution is 5.81. The Labute approximate surface area is 89.0 Å². The minimum absolute atomic E-state index is 0.0765. The predicted molar refractivity (Wildman–Crippen MR) is 59.0 cm³/mol. The SMILES string of the molecule is CC/C(C=O)=C\c1ccc(OC)c(O)c1. The molecule has 0 saturated heterocycles. The molecule has 0 aromatic heterocycles. The molecule has 3 heteroatoms. The van der Waals surface area contributed by atoms with Crippen molar-refractivity contribution in [3.63, 3.8) is 0 Å². The van der Waals surface area contributed by atoms with E-state index in [2.05, 4.69) is 0 Å².